The van der Waals surface area contributed by atoms with Gasteiger partial charge in [-0.3, -0.25) is 0 Å². The highest BCUT2D eigenvalue weighted by Crippen LogP contribution is 2.71. The van der Waals surface area contributed by atoms with Crippen molar-refractivity contribution >= 4 is 5.97 Å². The third-order valence-electron chi connectivity index (χ3n) is 19.5. The lowest BCUT2D eigenvalue weighted by atomic mass is 9.42. The molecule has 436 valence electrons. The largest absolute Gasteiger partial charge is 0.458 e. The average Bonchev–Trinajstić information content (AvgIpc) is 3.83. The van der Waals surface area contributed by atoms with Crippen molar-refractivity contribution in [1.82, 2.24) is 0 Å². The lowest BCUT2D eigenvalue weighted by Crippen LogP contribution is -2.78. The van der Waals surface area contributed by atoms with Gasteiger partial charge in [0.05, 0.1) is 60.3 Å². The summed E-state index contributed by atoms with van der Waals surface area (Å²) in [6.07, 6.45) is -16.4. The maximum atomic E-state index is 13.8. The first-order valence-electron chi connectivity index (χ1n) is 27.4. The number of methoxy groups -OCH3 is 3. The summed E-state index contributed by atoms with van der Waals surface area (Å²) in [6.45, 7) is 9.88. The van der Waals surface area contributed by atoms with Crippen LogP contribution in [0.3, 0.4) is 0 Å². The summed E-state index contributed by atoms with van der Waals surface area (Å²) in [6, 6.07) is 8.52. The molecule has 8 aliphatic rings. The summed E-state index contributed by atoms with van der Waals surface area (Å²) >= 11 is 0. The first-order chi connectivity index (χ1) is 36.4. The maximum Gasteiger partial charge on any atom is 0.338 e. The normalized spacial score (nSPS) is 50.4. The average molecular weight is 1100 g/mol. The molecule has 4 aliphatic heterocycles. The van der Waals surface area contributed by atoms with Gasteiger partial charge in [0.15, 0.2) is 25.2 Å². The molecule has 4 heterocycles. The fraction of sp³-hybridized carbons (Fsp3) is 0.836. The van der Waals surface area contributed by atoms with Gasteiger partial charge in [-0.05, 0) is 90.2 Å². The van der Waals surface area contributed by atoms with Gasteiger partial charge in [-0.15, -0.1) is 0 Å². The number of hydrogen-bond donors (Lipinski definition) is 9. The molecule has 0 aromatic heterocycles. The van der Waals surface area contributed by atoms with E-state index >= 15 is 0 Å². The van der Waals surface area contributed by atoms with Crippen molar-refractivity contribution in [3.05, 3.63) is 47.5 Å². The lowest BCUT2D eigenvalue weighted by Gasteiger charge is -2.67. The Bertz CT molecular complexity index is 2210. The molecule has 9 rings (SSSR count). The minimum absolute atomic E-state index is 0.00104. The number of benzene rings is 1. The molecular formula is C55H84O22. The van der Waals surface area contributed by atoms with Gasteiger partial charge >= 0.3 is 5.97 Å². The van der Waals surface area contributed by atoms with Crippen LogP contribution in [-0.4, -0.2) is 226 Å². The van der Waals surface area contributed by atoms with Crippen LogP contribution >= 0.6 is 0 Å². The number of aliphatic hydroxyl groups excluding tert-OH is 6. The molecule has 22 heteroatoms. The van der Waals surface area contributed by atoms with E-state index < -0.39 is 169 Å². The zero-order chi connectivity index (χ0) is 55.7. The van der Waals surface area contributed by atoms with Gasteiger partial charge in [0.1, 0.15) is 77.8 Å². The van der Waals surface area contributed by atoms with Gasteiger partial charge in [0.25, 0.3) is 0 Å². The van der Waals surface area contributed by atoms with Crippen LogP contribution in [-0.2, 0) is 56.8 Å². The van der Waals surface area contributed by atoms with E-state index in [1.807, 2.05) is 13.0 Å². The molecule has 4 saturated heterocycles. The summed E-state index contributed by atoms with van der Waals surface area (Å²) in [4.78, 5) is 13.8. The summed E-state index contributed by atoms with van der Waals surface area (Å²) in [5.41, 5.74) is -6.41. The van der Waals surface area contributed by atoms with Gasteiger partial charge in [-0.25, -0.2) is 4.79 Å². The number of carbonyl (C=O) groups excluding carboxylic acids is 1. The van der Waals surface area contributed by atoms with Crippen molar-refractivity contribution in [2.75, 3.05) is 27.9 Å². The van der Waals surface area contributed by atoms with Crippen molar-refractivity contribution in [3.63, 3.8) is 0 Å². The molecule has 77 heavy (non-hydrogen) atoms. The van der Waals surface area contributed by atoms with Crippen molar-refractivity contribution in [1.29, 1.82) is 0 Å². The highest BCUT2D eigenvalue weighted by Gasteiger charge is 2.81. The molecule has 7 fully saturated rings. The summed E-state index contributed by atoms with van der Waals surface area (Å²) in [5, 5.41) is 102. The summed E-state index contributed by atoms with van der Waals surface area (Å²) in [7, 11) is 4.50. The Morgan fingerprint density at radius 3 is 1.91 bits per heavy atom. The molecule has 22 nitrogen and oxygen atoms in total. The van der Waals surface area contributed by atoms with Crippen LogP contribution in [0.5, 0.6) is 0 Å². The fourth-order valence-electron chi connectivity index (χ4n) is 14.9. The Kier molecular flexibility index (Phi) is 17.5. The van der Waals surface area contributed by atoms with Crippen molar-refractivity contribution in [2.45, 2.75) is 245 Å². The topological polar surface area (TPSA) is 310 Å². The Morgan fingerprint density at radius 2 is 1.30 bits per heavy atom. The minimum Gasteiger partial charge on any atom is -0.458 e. The van der Waals surface area contributed by atoms with Crippen LogP contribution in [0.2, 0.25) is 0 Å². The molecule has 0 spiro atoms. The monoisotopic (exact) mass is 1100 g/mol. The Hall–Kier alpha value is -2.37. The molecule has 0 amide bonds. The van der Waals surface area contributed by atoms with E-state index in [4.69, 9.17) is 56.8 Å². The molecule has 27 atom stereocenters. The number of aliphatic hydroxyl groups is 9. The van der Waals surface area contributed by atoms with E-state index in [9.17, 15) is 50.8 Å². The predicted molar refractivity (Wildman–Crippen MR) is 266 cm³/mol. The van der Waals surface area contributed by atoms with Crippen LogP contribution in [0.4, 0.5) is 0 Å². The number of esters is 1. The fourth-order valence-corrected chi connectivity index (χ4v) is 14.9. The first kappa shape index (κ1) is 59.3. The number of carbonyl (C=O) groups is 1. The Balaban J connectivity index is 0.816. The highest BCUT2D eigenvalue weighted by molar-refractivity contribution is 5.89. The molecule has 3 saturated carbocycles. The van der Waals surface area contributed by atoms with Crippen LogP contribution in [0.25, 0.3) is 0 Å². The van der Waals surface area contributed by atoms with E-state index in [1.54, 1.807) is 58.2 Å². The second-order valence-electron chi connectivity index (χ2n) is 23.4. The third-order valence-corrected chi connectivity index (χ3v) is 19.5. The number of ether oxygens (including phenoxy) is 12. The Morgan fingerprint density at radius 1 is 0.701 bits per heavy atom. The zero-order valence-corrected chi connectivity index (χ0v) is 45.6. The molecule has 9 N–H and O–H groups in total. The second-order valence-corrected chi connectivity index (χ2v) is 23.4. The van der Waals surface area contributed by atoms with Gasteiger partial charge in [-0.2, -0.15) is 0 Å². The van der Waals surface area contributed by atoms with E-state index in [0.29, 0.717) is 31.2 Å². The van der Waals surface area contributed by atoms with Crippen LogP contribution in [0.1, 0.15) is 110 Å². The first-order valence-corrected chi connectivity index (χ1v) is 27.4. The summed E-state index contributed by atoms with van der Waals surface area (Å²) < 4.78 is 74.2. The molecule has 4 aliphatic carbocycles. The Labute approximate surface area is 449 Å². The maximum absolute atomic E-state index is 13.8. The molecule has 0 radical (unpaired) electrons. The molecule has 0 bridgehead atoms. The highest BCUT2D eigenvalue weighted by atomic mass is 16.8. The van der Waals surface area contributed by atoms with Gasteiger partial charge in [0, 0.05) is 40.1 Å². The number of hydrogen-bond acceptors (Lipinski definition) is 22. The minimum atomic E-state index is -1.93. The van der Waals surface area contributed by atoms with E-state index in [1.165, 1.54) is 21.1 Å². The molecule has 0 unspecified atom stereocenters. The lowest BCUT2D eigenvalue weighted by molar-refractivity contribution is -0.373. The van der Waals surface area contributed by atoms with Crippen molar-refractivity contribution in [3.8, 4) is 0 Å². The van der Waals surface area contributed by atoms with Crippen LogP contribution < -0.4 is 0 Å². The molecule has 1 aromatic rings. The quantitative estimate of drug-likeness (QED) is 0.0870. The molecule has 1 aromatic carbocycles. The van der Waals surface area contributed by atoms with Gasteiger partial charge in [0.2, 0.25) is 0 Å². The smallest absolute Gasteiger partial charge is 0.338 e. The van der Waals surface area contributed by atoms with E-state index in [2.05, 4.69) is 6.92 Å². The second kappa shape index (κ2) is 22.8. The van der Waals surface area contributed by atoms with E-state index in [0.717, 1.165) is 5.57 Å². The third kappa shape index (κ3) is 10.1. The standard InChI is InChI=1S/C55H84O22/c1-26-44(75-39-23-34(67-8)45(27(2)70-39)76-50-43(61)47(68-9)46(28(3)71-50)77-49-42(60)41(59)40(58)35(25-56)73-49)33(66-7)22-38(69-26)72-32-16-17-51(5)31(21-32)15-18-54(64)36(51)24-37(74-48(62)30-13-11-10-12-14-30)52(6)53(63,29(4)57)19-20-55(52,54)65/h10-15,26-29,32-47,49-50,56-61,63-65H,16-25H2,1-9H3/t26-,27-,28-,29-,32+,33+,34-,35-,36-,37-,38+,39+,40-,41+,42-,43-,44-,45-,46-,47-,49+,50+,51+,52-,53-,54+,55-/m1/s1. The van der Waals surface area contributed by atoms with E-state index in [-0.39, 0.29) is 38.2 Å². The van der Waals surface area contributed by atoms with Crippen LogP contribution in [0.15, 0.2) is 42.0 Å². The zero-order valence-electron chi connectivity index (χ0n) is 45.6. The number of rotatable bonds is 15. The van der Waals surface area contributed by atoms with Gasteiger partial charge in [-0.1, -0.05) is 43.7 Å². The number of fused-ring (bicyclic) bond motifs is 5. The summed E-state index contributed by atoms with van der Waals surface area (Å²) in [5.74, 6) is -1.19. The van der Waals surface area contributed by atoms with Crippen LogP contribution in [0, 0.1) is 16.7 Å². The SMILES string of the molecule is CO[C@@H]1[C@@H](O)[C@H](O[C@@H]2[C@@H](C)O[C@@H](O[C@H]3[C@@H](OC)C[C@H](O[C@H]4CC[C@@]5(C)C(=CC[C@]6(O)[C@@H]5C[C@@H](OC(=O)c5ccccc5)[C@@]5(C)[C@]6(O)CC[C@@]5(O)[C@@H](C)O)C4)O[C@@H]3C)C[C@H]2OC)O[C@H](C)[C@H]1O[C@@H]1O[C@H](CO)[C@@H](O)[C@H](O)[C@H]1O. The predicted octanol–water partition coefficient (Wildman–Crippen LogP) is 0.888. The van der Waals surface area contributed by atoms with Gasteiger partial charge < -0.3 is 103 Å². The van der Waals surface area contributed by atoms with Crippen molar-refractivity contribution in [2.24, 2.45) is 16.7 Å². The molecular weight excluding hydrogens is 1010 g/mol. The van der Waals surface area contributed by atoms with Crippen molar-refractivity contribution < 1.29 is 108 Å².